The quantitative estimate of drug-likeness (QED) is 0.835. The summed E-state index contributed by atoms with van der Waals surface area (Å²) in [4.78, 5) is 11.6. The van der Waals surface area contributed by atoms with Crippen LogP contribution < -0.4 is 14.8 Å². The number of rotatable bonds is 2. The highest BCUT2D eigenvalue weighted by Gasteiger charge is 2.43. The number of carbonyl (C=O) groups is 1. The van der Waals surface area contributed by atoms with Gasteiger partial charge in [-0.3, -0.25) is 4.79 Å². The molecule has 2 heterocycles. The summed E-state index contributed by atoms with van der Waals surface area (Å²) in [5.74, 6) is -1.10. The lowest BCUT2D eigenvalue weighted by Gasteiger charge is -2.04. The number of carbonyl (C=O) groups excluding carboxylic acids is 1. The number of hydrogen-bond donors (Lipinski definition) is 2. The largest absolute Gasteiger partial charge is 0.586 e. The number of nitrogens with zero attached hydrogens (tertiary/aromatic N) is 3. The zero-order valence-electron chi connectivity index (χ0n) is 9.05. The minimum Gasteiger partial charge on any atom is -0.395 e. The van der Waals surface area contributed by atoms with Gasteiger partial charge in [-0.05, 0) is 17.3 Å². The second kappa shape index (κ2) is 3.86. The first-order valence-corrected chi connectivity index (χ1v) is 4.98. The third kappa shape index (κ3) is 2.14. The number of halogens is 2. The summed E-state index contributed by atoms with van der Waals surface area (Å²) >= 11 is 0. The van der Waals surface area contributed by atoms with Crippen LogP contribution in [-0.4, -0.2) is 32.8 Å². The highest BCUT2D eigenvalue weighted by atomic mass is 19.3. The van der Waals surface area contributed by atoms with Gasteiger partial charge < -0.3 is 14.8 Å². The van der Waals surface area contributed by atoms with E-state index in [9.17, 15) is 13.6 Å². The standard InChI is InChI=1S/C9H5F2N5O3/c10-9(11)18-5-2-1-4(3-6(5)19-9)12-8(17)7-13-15-16-14-7/h1-3H,(H,12,17)(H,13,14,15,16). The van der Waals surface area contributed by atoms with E-state index in [2.05, 4.69) is 35.4 Å². The molecule has 0 bridgehead atoms. The van der Waals surface area contributed by atoms with E-state index in [1.165, 1.54) is 18.2 Å². The molecule has 1 aliphatic heterocycles. The van der Waals surface area contributed by atoms with Gasteiger partial charge in [0.15, 0.2) is 11.5 Å². The second-order valence-corrected chi connectivity index (χ2v) is 3.52. The monoisotopic (exact) mass is 269 g/mol. The molecule has 1 aliphatic rings. The van der Waals surface area contributed by atoms with E-state index in [-0.39, 0.29) is 23.0 Å². The average molecular weight is 269 g/mol. The molecule has 8 nitrogen and oxygen atoms in total. The van der Waals surface area contributed by atoms with Crippen LogP contribution >= 0.6 is 0 Å². The van der Waals surface area contributed by atoms with Gasteiger partial charge in [0.2, 0.25) is 0 Å². The first kappa shape index (κ1) is 11.3. The molecule has 3 rings (SSSR count). The van der Waals surface area contributed by atoms with Crippen LogP contribution in [0.15, 0.2) is 18.2 Å². The Balaban J connectivity index is 1.79. The van der Waals surface area contributed by atoms with Gasteiger partial charge in [-0.1, -0.05) is 0 Å². The Bertz CT molecular complexity index is 631. The number of anilines is 1. The van der Waals surface area contributed by atoms with Crippen molar-refractivity contribution in [3.63, 3.8) is 0 Å². The van der Waals surface area contributed by atoms with E-state index in [1.54, 1.807) is 0 Å². The lowest BCUT2D eigenvalue weighted by Crippen LogP contribution is -2.25. The zero-order chi connectivity index (χ0) is 13.5. The summed E-state index contributed by atoms with van der Waals surface area (Å²) in [7, 11) is 0. The minimum atomic E-state index is -3.70. The summed E-state index contributed by atoms with van der Waals surface area (Å²) in [5.41, 5.74) is 0.231. The summed E-state index contributed by atoms with van der Waals surface area (Å²) in [6, 6.07) is 3.83. The van der Waals surface area contributed by atoms with Crippen molar-refractivity contribution in [1.82, 2.24) is 20.6 Å². The van der Waals surface area contributed by atoms with Crippen molar-refractivity contribution in [1.29, 1.82) is 0 Å². The maximum absolute atomic E-state index is 12.8. The Hall–Kier alpha value is -2.78. The van der Waals surface area contributed by atoms with Crippen molar-refractivity contribution >= 4 is 11.6 Å². The third-order valence-corrected chi connectivity index (χ3v) is 2.21. The van der Waals surface area contributed by atoms with Crippen molar-refractivity contribution in [3.05, 3.63) is 24.0 Å². The van der Waals surface area contributed by atoms with Crippen LogP contribution in [0.3, 0.4) is 0 Å². The van der Waals surface area contributed by atoms with E-state index in [0.717, 1.165) is 0 Å². The number of aromatic nitrogens is 4. The number of benzene rings is 1. The number of tetrazole rings is 1. The SMILES string of the molecule is O=C(Nc1ccc2c(c1)OC(F)(F)O2)c1nn[nH]n1. The highest BCUT2D eigenvalue weighted by Crippen LogP contribution is 2.42. The first-order valence-electron chi connectivity index (χ1n) is 4.98. The van der Waals surface area contributed by atoms with Crippen molar-refractivity contribution in [2.75, 3.05) is 5.32 Å². The van der Waals surface area contributed by atoms with E-state index >= 15 is 0 Å². The topological polar surface area (TPSA) is 102 Å². The highest BCUT2D eigenvalue weighted by molar-refractivity contribution is 6.01. The van der Waals surface area contributed by atoms with Crippen LogP contribution in [0.5, 0.6) is 11.5 Å². The van der Waals surface area contributed by atoms with Gasteiger partial charge in [-0.25, -0.2) is 0 Å². The van der Waals surface area contributed by atoms with Gasteiger partial charge in [0.1, 0.15) is 0 Å². The normalized spacial score (nSPS) is 15.3. The van der Waals surface area contributed by atoms with Crippen LogP contribution in [0.2, 0.25) is 0 Å². The van der Waals surface area contributed by atoms with Crippen LogP contribution in [0.25, 0.3) is 0 Å². The second-order valence-electron chi connectivity index (χ2n) is 3.52. The lowest BCUT2D eigenvalue weighted by molar-refractivity contribution is -0.286. The molecule has 0 aliphatic carbocycles. The number of amides is 1. The molecule has 0 spiro atoms. The summed E-state index contributed by atoms with van der Waals surface area (Å²) in [6.45, 7) is 0. The summed E-state index contributed by atoms with van der Waals surface area (Å²) < 4.78 is 34.0. The predicted molar refractivity (Wildman–Crippen MR) is 54.8 cm³/mol. The molecule has 0 unspecified atom stereocenters. The van der Waals surface area contributed by atoms with Crippen LogP contribution in [0.4, 0.5) is 14.5 Å². The molecule has 98 valence electrons. The number of fused-ring (bicyclic) bond motifs is 1. The van der Waals surface area contributed by atoms with Crippen molar-refractivity contribution < 1.29 is 23.0 Å². The third-order valence-electron chi connectivity index (χ3n) is 2.21. The Morgan fingerprint density at radius 2 is 2.11 bits per heavy atom. The van der Waals surface area contributed by atoms with E-state index in [0.29, 0.717) is 0 Å². The number of aromatic amines is 1. The fourth-order valence-electron chi connectivity index (χ4n) is 1.47. The molecule has 1 aromatic carbocycles. The van der Waals surface area contributed by atoms with E-state index < -0.39 is 12.2 Å². The molecule has 0 atom stereocenters. The van der Waals surface area contributed by atoms with Crippen LogP contribution in [0.1, 0.15) is 10.6 Å². The summed E-state index contributed by atoms with van der Waals surface area (Å²) in [6.07, 6.45) is -3.70. The fourth-order valence-corrected chi connectivity index (χ4v) is 1.47. The molecule has 0 saturated heterocycles. The molecule has 0 radical (unpaired) electrons. The van der Waals surface area contributed by atoms with Crippen molar-refractivity contribution in [3.8, 4) is 11.5 Å². The van der Waals surface area contributed by atoms with Crippen LogP contribution in [0, 0.1) is 0 Å². The van der Waals surface area contributed by atoms with Crippen molar-refractivity contribution in [2.45, 2.75) is 6.29 Å². The van der Waals surface area contributed by atoms with Gasteiger partial charge in [-0.2, -0.15) is 5.21 Å². The molecule has 2 aromatic rings. The van der Waals surface area contributed by atoms with Crippen molar-refractivity contribution in [2.24, 2.45) is 0 Å². The van der Waals surface area contributed by atoms with Crippen LogP contribution in [-0.2, 0) is 0 Å². The maximum atomic E-state index is 12.8. The molecule has 1 amide bonds. The maximum Gasteiger partial charge on any atom is 0.586 e. The Labute approximate surface area is 103 Å². The van der Waals surface area contributed by atoms with E-state index in [1.807, 2.05) is 0 Å². The van der Waals surface area contributed by atoms with Gasteiger partial charge in [0.25, 0.3) is 11.7 Å². The van der Waals surface area contributed by atoms with Gasteiger partial charge in [0.05, 0.1) is 0 Å². The molecular weight excluding hydrogens is 264 g/mol. The Morgan fingerprint density at radius 1 is 1.32 bits per heavy atom. The number of H-pyrrole nitrogens is 1. The Kier molecular flexibility index (Phi) is 2.30. The number of ether oxygens (including phenoxy) is 2. The van der Waals surface area contributed by atoms with Gasteiger partial charge in [-0.15, -0.1) is 19.0 Å². The Morgan fingerprint density at radius 3 is 2.84 bits per heavy atom. The molecule has 0 saturated carbocycles. The molecular formula is C9H5F2N5O3. The number of nitrogens with one attached hydrogen (secondary N) is 2. The minimum absolute atomic E-state index is 0.109. The zero-order valence-corrected chi connectivity index (χ0v) is 9.05. The molecule has 19 heavy (non-hydrogen) atoms. The molecule has 10 heteroatoms. The summed E-state index contributed by atoms with van der Waals surface area (Å²) in [5, 5.41) is 14.7. The first-order chi connectivity index (χ1) is 9.03. The van der Waals surface area contributed by atoms with Gasteiger partial charge >= 0.3 is 6.29 Å². The lowest BCUT2D eigenvalue weighted by atomic mass is 10.3. The predicted octanol–water partition coefficient (Wildman–Crippen LogP) is 0.773. The van der Waals surface area contributed by atoms with Gasteiger partial charge in [0, 0.05) is 11.8 Å². The molecule has 1 aromatic heterocycles. The number of hydrogen-bond acceptors (Lipinski definition) is 6. The van der Waals surface area contributed by atoms with E-state index in [4.69, 9.17) is 0 Å². The molecule has 2 N–H and O–H groups in total. The fraction of sp³-hybridized carbons (Fsp3) is 0.111. The number of alkyl halides is 2. The molecule has 0 fully saturated rings. The smallest absolute Gasteiger partial charge is 0.395 e. The average Bonchev–Trinajstić information content (AvgIpc) is 2.93.